The van der Waals surface area contributed by atoms with Gasteiger partial charge in [0.15, 0.2) is 5.78 Å². The van der Waals surface area contributed by atoms with Gasteiger partial charge in [0.2, 0.25) is 0 Å². The van der Waals surface area contributed by atoms with Crippen LogP contribution in [0, 0.1) is 0 Å². The number of aromatic nitrogens is 1. The fourth-order valence-corrected chi connectivity index (χ4v) is 4.57. The van der Waals surface area contributed by atoms with Gasteiger partial charge < -0.3 is 0 Å². The molecular formula is C26H14ClNO. The van der Waals surface area contributed by atoms with E-state index in [2.05, 4.69) is 24.3 Å². The number of hydrogen-bond acceptors (Lipinski definition) is 2. The molecule has 1 aliphatic rings. The molecule has 2 nitrogen and oxygen atoms in total. The van der Waals surface area contributed by atoms with Crippen LogP contribution in [-0.4, -0.2) is 10.8 Å². The normalized spacial score (nSPS) is 12.4. The summed E-state index contributed by atoms with van der Waals surface area (Å²) in [7, 11) is 0. The van der Waals surface area contributed by atoms with Crippen LogP contribution in [0.1, 0.15) is 15.9 Å². The van der Waals surface area contributed by atoms with Gasteiger partial charge in [-0.15, -0.1) is 0 Å². The smallest absolute Gasteiger partial charge is 0.196 e. The second-order valence-electron chi connectivity index (χ2n) is 7.28. The first-order valence-electron chi connectivity index (χ1n) is 9.48. The molecule has 0 amide bonds. The molecule has 1 aromatic heterocycles. The fraction of sp³-hybridized carbons (Fsp3) is 0. The summed E-state index contributed by atoms with van der Waals surface area (Å²) in [5.74, 6) is 0.0214. The van der Waals surface area contributed by atoms with Crippen LogP contribution in [0.4, 0.5) is 0 Å². The second kappa shape index (κ2) is 6.00. The van der Waals surface area contributed by atoms with E-state index in [-0.39, 0.29) is 5.78 Å². The number of carbonyl (C=O) groups excluding carboxylic acids is 1. The number of benzene rings is 4. The maximum atomic E-state index is 13.4. The maximum absolute atomic E-state index is 13.4. The molecular weight excluding hydrogens is 378 g/mol. The van der Waals surface area contributed by atoms with E-state index in [1.165, 1.54) is 0 Å². The van der Waals surface area contributed by atoms with E-state index in [0.717, 1.165) is 44.1 Å². The molecule has 3 heteroatoms. The fourth-order valence-electron chi connectivity index (χ4n) is 4.38. The van der Waals surface area contributed by atoms with Crippen LogP contribution in [0.5, 0.6) is 0 Å². The van der Waals surface area contributed by atoms with Gasteiger partial charge in [0.25, 0.3) is 0 Å². The van der Waals surface area contributed by atoms with Crippen molar-refractivity contribution in [3.05, 3.63) is 101 Å². The summed E-state index contributed by atoms with van der Waals surface area (Å²) in [5.41, 5.74) is 5.75. The lowest BCUT2D eigenvalue weighted by molar-refractivity contribution is 0.104. The van der Waals surface area contributed by atoms with Gasteiger partial charge in [-0.1, -0.05) is 84.4 Å². The summed E-state index contributed by atoms with van der Waals surface area (Å²) in [4.78, 5) is 18.4. The van der Waals surface area contributed by atoms with Crippen LogP contribution in [0.2, 0.25) is 5.02 Å². The summed E-state index contributed by atoms with van der Waals surface area (Å²) in [6, 6.07) is 27.8. The minimum absolute atomic E-state index is 0.0214. The third-order valence-electron chi connectivity index (χ3n) is 5.65. The Labute approximate surface area is 172 Å². The first-order chi connectivity index (χ1) is 14.2. The first kappa shape index (κ1) is 16.5. The van der Waals surface area contributed by atoms with Crippen molar-refractivity contribution in [1.29, 1.82) is 0 Å². The Bertz CT molecular complexity index is 1490. The molecule has 0 saturated heterocycles. The summed E-state index contributed by atoms with van der Waals surface area (Å²) >= 11 is 6.32. The van der Waals surface area contributed by atoms with E-state index < -0.39 is 0 Å². The Morgan fingerprint density at radius 2 is 1.48 bits per heavy atom. The van der Waals surface area contributed by atoms with Crippen molar-refractivity contribution in [2.24, 2.45) is 0 Å². The molecule has 6 rings (SSSR count). The number of carbonyl (C=O) groups is 1. The number of ketones is 1. The lowest BCUT2D eigenvalue weighted by Crippen LogP contribution is -2.01. The Morgan fingerprint density at radius 1 is 0.690 bits per heavy atom. The summed E-state index contributed by atoms with van der Waals surface area (Å²) < 4.78 is 0. The molecule has 4 aromatic carbocycles. The summed E-state index contributed by atoms with van der Waals surface area (Å²) in [5, 5.41) is 3.81. The van der Waals surface area contributed by atoms with Crippen LogP contribution in [0.3, 0.4) is 0 Å². The average Bonchev–Trinajstić information content (AvgIpc) is 3.04. The van der Waals surface area contributed by atoms with E-state index in [4.69, 9.17) is 16.6 Å². The molecule has 1 aliphatic carbocycles. The molecule has 0 bridgehead atoms. The largest absolute Gasteiger partial charge is 0.288 e. The van der Waals surface area contributed by atoms with Crippen molar-refractivity contribution >= 4 is 39.1 Å². The van der Waals surface area contributed by atoms with E-state index in [0.29, 0.717) is 16.1 Å². The Kier molecular flexibility index (Phi) is 3.41. The monoisotopic (exact) mass is 391 g/mol. The summed E-state index contributed by atoms with van der Waals surface area (Å²) in [6.07, 6.45) is 0. The third-order valence-corrected chi connectivity index (χ3v) is 5.88. The van der Waals surface area contributed by atoms with E-state index in [9.17, 15) is 4.79 Å². The van der Waals surface area contributed by atoms with Gasteiger partial charge >= 0.3 is 0 Å². The van der Waals surface area contributed by atoms with Gasteiger partial charge in [-0.05, 0) is 23.1 Å². The quantitative estimate of drug-likeness (QED) is 0.285. The number of pyridine rings is 1. The van der Waals surface area contributed by atoms with Crippen molar-refractivity contribution in [2.75, 3.05) is 0 Å². The minimum Gasteiger partial charge on any atom is -0.288 e. The molecule has 136 valence electrons. The zero-order valence-electron chi connectivity index (χ0n) is 15.3. The van der Waals surface area contributed by atoms with Crippen molar-refractivity contribution in [1.82, 2.24) is 4.98 Å². The van der Waals surface area contributed by atoms with Gasteiger partial charge in [-0.3, -0.25) is 4.79 Å². The zero-order valence-corrected chi connectivity index (χ0v) is 16.1. The highest BCUT2D eigenvalue weighted by atomic mass is 35.5. The molecule has 0 aliphatic heterocycles. The van der Waals surface area contributed by atoms with Crippen LogP contribution in [0.15, 0.2) is 84.9 Å². The number of rotatable bonds is 1. The van der Waals surface area contributed by atoms with Gasteiger partial charge in [0.1, 0.15) is 0 Å². The number of halogens is 1. The van der Waals surface area contributed by atoms with Gasteiger partial charge in [-0.25, -0.2) is 4.98 Å². The SMILES string of the molecule is O=C1c2ccccc2-c2nc3c(ccc4ccccc43)c(-c3cccc(Cl)c3)c21. The Balaban J connectivity index is 1.85. The standard InChI is InChI=1S/C26H14ClNO/c27-17-8-5-7-16(14-17)22-21-13-12-15-6-1-2-9-18(15)24(21)28-25-19-10-3-4-11-20(19)26(29)23(22)25/h1-14H. The highest BCUT2D eigenvalue weighted by molar-refractivity contribution is 6.31. The van der Waals surface area contributed by atoms with Crippen LogP contribution < -0.4 is 0 Å². The van der Waals surface area contributed by atoms with E-state index in [1.54, 1.807) is 0 Å². The van der Waals surface area contributed by atoms with Crippen LogP contribution >= 0.6 is 11.6 Å². The van der Waals surface area contributed by atoms with Crippen LogP contribution in [0.25, 0.3) is 44.1 Å². The average molecular weight is 392 g/mol. The molecule has 5 aromatic rings. The lowest BCUT2D eigenvalue weighted by atomic mass is 9.92. The molecule has 1 heterocycles. The predicted molar refractivity (Wildman–Crippen MR) is 119 cm³/mol. The van der Waals surface area contributed by atoms with E-state index in [1.807, 2.05) is 60.7 Å². The van der Waals surface area contributed by atoms with E-state index >= 15 is 0 Å². The minimum atomic E-state index is 0.0214. The molecule has 0 fully saturated rings. The molecule has 0 saturated carbocycles. The summed E-state index contributed by atoms with van der Waals surface area (Å²) in [6.45, 7) is 0. The number of nitrogens with zero attached hydrogens (tertiary/aromatic N) is 1. The lowest BCUT2D eigenvalue weighted by Gasteiger charge is -2.14. The second-order valence-corrected chi connectivity index (χ2v) is 7.71. The topological polar surface area (TPSA) is 30.0 Å². The Hall–Kier alpha value is -3.49. The first-order valence-corrected chi connectivity index (χ1v) is 9.86. The Morgan fingerprint density at radius 3 is 2.34 bits per heavy atom. The third kappa shape index (κ3) is 2.30. The molecule has 0 N–H and O–H groups in total. The van der Waals surface area contributed by atoms with Crippen molar-refractivity contribution in [3.63, 3.8) is 0 Å². The maximum Gasteiger partial charge on any atom is 0.196 e. The zero-order chi connectivity index (χ0) is 19.5. The molecule has 0 spiro atoms. The molecule has 0 atom stereocenters. The molecule has 0 unspecified atom stereocenters. The predicted octanol–water partition coefficient (Wildman–Crippen LogP) is 6.92. The number of hydrogen-bond donors (Lipinski definition) is 0. The van der Waals surface area contributed by atoms with Crippen molar-refractivity contribution < 1.29 is 4.79 Å². The van der Waals surface area contributed by atoms with Crippen molar-refractivity contribution in [3.8, 4) is 22.4 Å². The van der Waals surface area contributed by atoms with Crippen LogP contribution in [-0.2, 0) is 0 Å². The molecule has 29 heavy (non-hydrogen) atoms. The highest BCUT2D eigenvalue weighted by Gasteiger charge is 2.32. The highest BCUT2D eigenvalue weighted by Crippen LogP contribution is 2.45. The number of fused-ring (bicyclic) bond motifs is 6. The van der Waals surface area contributed by atoms with Gasteiger partial charge in [0.05, 0.1) is 16.8 Å². The van der Waals surface area contributed by atoms with Gasteiger partial charge in [-0.2, -0.15) is 0 Å². The van der Waals surface area contributed by atoms with Crippen molar-refractivity contribution in [2.45, 2.75) is 0 Å². The van der Waals surface area contributed by atoms with Gasteiger partial charge in [0, 0.05) is 32.5 Å². The molecule has 0 radical (unpaired) electrons.